The van der Waals surface area contributed by atoms with E-state index < -0.39 is 13.3 Å². The Kier molecular flexibility index (Phi) is 5.22. The Morgan fingerprint density at radius 2 is 1.68 bits per heavy atom. The molecule has 0 spiro atoms. The number of rotatable bonds is 5. The molecule has 0 saturated heterocycles. The van der Waals surface area contributed by atoms with Crippen molar-refractivity contribution in [3.63, 3.8) is 0 Å². The highest BCUT2D eigenvalue weighted by atomic mass is 31.2. The predicted octanol–water partition coefficient (Wildman–Crippen LogP) is 5.03. The molecule has 0 unspecified atom stereocenters. The lowest BCUT2D eigenvalue weighted by molar-refractivity contribution is -0.136. The van der Waals surface area contributed by atoms with Crippen molar-refractivity contribution < 1.29 is 18.6 Å². The molecule has 0 saturated carbocycles. The molecule has 130 valence electrons. The maximum Gasteiger partial charge on any atom is 0.334 e. The molecule has 1 aliphatic rings. The van der Waals surface area contributed by atoms with Gasteiger partial charge in [0, 0.05) is 0 Å². The summed E-state index contributed by atoms with van der Waals surface area (Å²) < 4.78 is 24.8. The fourth-order valence-corrected chi connectivity index (χ4v) is 6.40. The van der Waals surface area contributed by atoms with Gasteiger partial charge in [-0.25, -0.2) is 4.79 Å². The average Bonchev–Trinajstić information content (AvgIpc) is 2.95. The second-order valence-corrected chi connectivity index (χ2v) is 8.35. The zero-order valence-electron chi connectivity index (χ0n) is 14.3. The average molecular weight is 356 g/mol. The van der Waals surface area contributed by atoms with Crippen LogP contribution in [0, 0.1) is 0 Å². The Balaban J connectivity index is 2.20. The summed E-state index contributed by atoms with van der Waals surface area (Å²) >= 11 is 0. The van der Waals surface area contributed by atoms with Gasteiger partial charge in [0.15, 0.2) is 0 Å². The van der Waals surface area contributed by atoms with E-state index in [9.17, 15) is 9.36 Å². The molecule has 1 heterocycles. The van der Waals surface area contributed by atoms with Crippen LogP contribution in [0.15, 0.2) is 66.2 Å². The van der Waals surface area contributed by atoms with Gasteiger partial charge in [-0.2, -0.15) is 0 Å². The van der Waals surface area contributed by atoms with Crippen LogP contribution in [-0.2, 0) is 18.6 Å². The van der Waals surface area contributed by atoms with Gasteiger partial charge in [0.05, 0.1) is 30.3 Å². The lowest BCUT2D eigenvalue weighted by atomic mass is 10.0. The summed E-state index contributed by atoms with van der Waals surface area (Å²) in [6, 6.07) is 18.9. The molecule has 2 aromatic carbocycles. The minimum absolute atomic E-state index is 0.311. The molecular formula is C20H21O4P. The first-order valence-corrected chi connectivity index (χ1v) is 9.97. The maximum absolute atomic E-state index is 14.0. The Labute approximate surface area is 147 Å². The molecule has 0 bridgehead atoms. The number of esters is 1. The van der Waals surface area contributed by atoms with E-state index in [1.807, 2.05) is 67.6 Å². The molecule has 0 amide bonds. The van der Waals surface area contributed by atoms with Gasteiger partial charge in [-0.05, 0) is 24.5 Å². The van der Waals surface area contributed by atoms with E-state index in [0.29, 0.717) is 23.9 Å². The smallest absolute Gasteiger partial charge is 0.334 e. The van der Waals surface area contributed by atoms with Crippen molar-refractivity contribution in [2.24, 2.45) is 0 Å². The molecule has 1 aliphatic heterocycles. The Bertz CT molecular complexity index is 827. The lowest BCUT2D eigenvalue weighted by Gasteiger charge is -2.23. The summed E-state index contributed by atoms with van der Waals surface area (Å²) in [6.45, 7) is 2.13. The zero-order chi connectivity index (χ0) is 17.9. The molecule has 25 heavy (non-hydrogen) atoms. The van der Waals surface area contributed by atoms with Crippen LogP contribution in [0.3, 0.4) is 0 Å². The van der Waals surface area contributed by atoms with Gasteiger partial charge < -0.3 is 9.26 Å². The van der Waals surface area contributed by atoms with Crippen LogP contribution in [0.25, 0.3) is 5.31 Å². The summed E-state index contributed by atoms with van der Waals surface area (Å²) in [5.74, 6) is -0.447. The molecule has 0 aromatic heterocycles. The zero-order valence-corrected chi connectivity index (χ0v) is 15.2. The highest BCUT2D eigenvalue weighted by Gasteiger charge is 2.49. The van der Waals surface area contributed by atoms with Gasteiger partial charge in [-0.1, -0.05) is 60.7 Å². The van der Waals surface area contributed by atoms with E-state index in [4.69, 9.17) is 9.26 Å². The van der Waals surface area contributed by atoms with Crippen molar-refractivity contribution in [1.82, 2.24) is 0 Å². The first-order valence-electron chi connectivity index (χ1n) is 8.28. The number of hydrogen-bond acceptors (Lipinski definition) is 4. The first-order chi connectivity index (χ1) is 12.1. The number of methoxy groups -OCH3 is 1. The quantitative estimate of drug-likeness (QED) is 0.557. The fraction of sp³-hybridized carbons (Fsp3) is 0.250. The van der Waals surface area contributed by atoms with Crippen molar-refractivity contribution in [1.29, 1.82) is 0 Å². The topological polar surface area (TPSA) is 52.6 Å². The molecule has 0 fully saturated rings. The predicted molar refractivity (Wildman–Crippen MR) is 98.4 cm³/mol. The monoisotopic (exact) mass is 356 g/mol. The molecule has 2 aromatic rings. The highest BCUT2D eigenvalue weighted by Crippen LogP contribution is 2.76. The summed E-state index contributed by atoms with van der Waals surface area (Å²) in [4.78, 5) is 12.4. The van der Waals surface area contributed by atoms with Crippen molar-refractivity contribution >= 4 is 18.7 Å². The molecular weight excluding hydrogens is 335 g/mol. The summed E-state index contributed by atoms with van der Waals surface area (Å²) in [7, 11) is -1.93. The fourth-order valence-electron chi connectivity index (χ4n) is 3.34. The number of carbonyl (C=O) groups excluding carboxylic acids is 1. The van der Waals surface area contributed by atoms with Crippen molar-refractivity contribution in [2.75, 3.05) is 13.7 Å². The normalized spacial score (nSPS) is 22.9. The Morgan fingerprint density at radius 1 is 1.08 bits per heavy atom. The van der Waals surface area contributed by atoms with Crippen LogP contribution in [-0.4, -0.2) is 19.7 Å². The van der Waals surface area contributed by atoms with Crippen LogP contribution >= 0.6 is 7.37 Å². The summed E-state index contributed by atoms with van der Waals surface area (Å²) in [5.41, 5.74) is 1.72. The minimum atomic E-state index is -3.28. The van der Waals surface area contributed by atoms with E-state index >= 15 is 0 Å². The first kappa shape index (κ1) is 17.7. The second-order valence-electron chi connectivity index (χ2n) is 5.83. The molecule has 4 nitrogen and oxygen atoms in total. The van der Waals surface area contributed by atoms with Crippen LogP contribution in [0.4, 0.5) is 0 Å². The third-order valence-corrected chi connectivity index (χ3v) is 7.48. The molecule has 3 rings (SSSR count). The largest absolute Gasteiger partial charge is 0.466 e. The second kappa shape index (κ2) is 7.38. The van der Waals surface area contributed by atoms with Crippen molar-refractivity contribution in [3.05, 3.63) is 77.4 Å². The van der Waals surface area contributed by atoms with Crippen molar-refractivity contribution in [2.45, 2.75) is 19.0 Å². The lowest BCUT2D eigenvalue weighted by Crippen LogP contribution is -2.05. The van der Waals surface area contributed by atoms with Gasteiger partial charge in [-0.15, -0.1) is 0 Å². The number of benzene rings is 2. The molecule has 5 heteroatoms. The van der Waals surface area contributed by atoms with Crippen LogP contribution < -0.4 is 0 Å². The van der Waals surface area contributed by atoms with Crippen LogP contribution in [0.2, 0.25) is 0 Å². The SMILES string of the molecule is CCO[P@]1(=O)C(c2ccccc2)=C(C(=O)OC)C[C@@H]1c1ccccc1. The molecule has 0 aliphatic carbocycles. The van der Waals surface area contributed by atoms with Gasteiger partial charge >= 0.3 is 5.97 Å². The van der Waals surface area contributed by atoms with Crippen molar-refractivity contribution in [3.8, 4) is 0 Å². The standard InChI is InChI=1S/C20H21O4P/c1-3-24-25(22)18(15-10-6-4-7-11-15)14-17(20(21)23-2)19(25)16-12-8-5-9-13-16/h4-13,18H,3,14H2,1-2H3/t18-,25+/m1/s1. The number of carbonyl (C=O) groups is 1. The number of hydrogen-bond donors (Lipinski definition) is 0. The van der Waals surface area contributed by atoms with E-state index in [0.717, 1.165) is 11.1 Å². The number of ether oxygens (including phenoxy) is 1. The Morgan fingerprint density at radius 3 is 2.24 bits per heavy atom. The summed E-state index contributed by atoms with van der Waals surface area (Å²) in [5, 5.41) is 0.496. The van der Waals surface area contributed by atoms with Crippen LogP contribution in [0.1, 0.15) is 30.1 Å². The molecule has 0 radical (unpaired) electrons. The Hall–Kier alpha value is -2.16. The van der Waals surface area contributed by atoms with Gasteiger partial charge in [0.25, 0.3) is 0 Å². The third kappa shape index (κ3) is 3.20. The summed E-state index contributed by atoms with van der Waals surface area (Å²) in [6.07, 6.45) is 0.345. The molecule has 2 atom stereocenters. The maximum atomic E-state index is 14.0. The minimum Gasteiger partial charge on any atom is -0.466 e. The third-order valence-electron chi connectivity index (χ3n) is 4.39. The van der Waals surface area contributed by atoms with Gasteiger partial charge in [0.1, 0.15) is 0 Å². The van der Waals surface area contributed by atoms with Crippen LogP contribution in [0.5, 0.6) is 0 Å². The van der Waals surface area contributed by atoms with E-state index in [1.54, 1.807) is 0 Å². The highest BCUT2D eigenvalue weighted by molar-refractivity contribution is 7.70. The van der Waals surface area contributed by atoms with Gasteiger partial charge in [0.2, 0.25) is 7.37 Å². The van der Waals surface area contributed by atoms with E-state index in [2.05, 4.69) is 0 Å². The van der Waals surface area contributed by atoms with E-state index in [-0.39, 0.29) is 5.66 Å². The van der Waals surface area contributed by atoms with E-state index in [1.165, 1.54) is 7.11 Å². The molecule has 0 N–H and O–H groups in total. The van der Waals surface area contributed by atoms with Gasteiger partial charge in [-0.3, -0.25) is 4.57 Å².